The van der Waals surface area contributed by atoms with Crippen LogP contribution in [0.1, 0.15) is 25.0 Å². The molecule has 0 fully saturated rings. The number of hydrogen-bond acceptors (Lipinski definition) is 6. The summed E-state index contributed by atoms with van der Waals surface area (Å²) in [5.74, 6) is -0.861. The van der Waals surface area contributed by atoms with E-state index in [0.29, 0.717) is 6.54 Å². The number of benzene rings is 4. The Hall–Kier alpha value is -5.03. The molecule has 11 heteroatoms. The number of carbonyl (C=O) groups is 2. The van der Waals surface area contributed by atoms with Gasteiger partial charge in [-0.2, -0.15) is 0 Å². The number of rotatable bonds is 14. The van der Waals surface area contributed by atoms with E-state index in [-0.39, 0.29) is 41.1 Å². The van der Waals surface area contributed by atoms with Crippen molar-refractivity contribution in [3.8, 4) is 0 Å². The van der Waals surface area contributed by atoms with Gasteiger partial charge in [-0.05, 0) is 35.2 Å². The summed E-state index contributed by atoms with van der Waals surface area (Å²) in [4.78, 5) is 40.4. The van der Waals surface area contributed by atoms with Gasteiger partial charge < -0.3 is 10.2 Å². The molecule has 1 atom stereocenters. The van der Waals surface area contributed by atoms with E-state index in [1.165, 1.54) is 35.2 Å². The maximum Gasteiger partial charge on any atom is 0.271 e. The lowest BCUT2D eigenvalue weighted by molar-refractivity contribution is -0.384. The van der Waals surface area contributed by atoms with Gasteiger partial charge in [0.15, 0.2) is 0 Å². The minimum absolute atomic E-state index is 0.0282. The summed E-state index contributed by atoms with van der Waals surface area (Å²) in [5.41, 5.74) is 1.18. The van der Waals surface area contributed by atoms with E-state index < -0.39 is 33.4 Å². The number of amides is 2. The molecule has 45 heavy (non-hydrogen) atoms. The highest BCUT2D eigenvalue weighted by molar-refractivity contribution is 7.92. The largest absolute Gasteiger partial charge is 0.354 e. The third-order valence-corrected chi connectivity index (χ3v) is 8.88. The normalized spacial score (nSPS) is 11.9. The summed E-state index contributed by atoms with van der Waals surface area (Å²) in [7, 11) is -4.36. The van der Waals surface area contributed by atoms with Crippen LogP contribution in [-0.4, -0.2) is 49.2 Å². The second kappa shape index (κ2) is 15.1. The van der Waals surface area contributed by atoms with E-state index in [2.05, 4.69) is 5.32 Å². The van der Waals surface area contributed by atoms with Gasteiger partial charge in [-0.3, -0.25) is 24.0 Å². The van der Waals surface area contributed by atoms with Gasteiger partial charge in [0.05, 0.1) is 15.5 Å². The number of non-ortho nitro benzene ring substituents is 1. The molecule has 4 aromatic rings. The molecule has 2 amide bonds. The van der Waals surface area contributed by atoms with Crippen molar-refractivity contribution in [2.45, 2.75) is 37.8 Å². The fourth-order valence-corrected chi connectivity index (χ4v) is 6.19. The molecule has 4 rings (SSSR count). The quantitative estimate of drug-likeness (QED) is 0.151. The van der Waals surface area contributed by atoms with Crippen molar-refractivity contribution in [3.63, 3.8) is 0 Å². The molecule has 1 N–H and O–H groups in total. The summed E-state index contributed by atoms with van der Waals surface area (Å²) in [6.45, 7) is 3.64. The molecule has 10 nitrogen and oxygen atoms in total. The highest BCUT2D eigenvalue weighted by Crippen LogP contribution is 2.28. The Kier molecular flexibility index (Phi) is 11.0. The Morgan fingerprint density at radius 2 is 1.40 bits per heavy atom. The Labute approximate surface area is 263 Å². The third-order valence-electron chi connectivity index (χ3n) is 7.09. The van der Waals surface area contributed by atoms with Gasteiger partial charge in [-0.1, -0.05) is 98.8 Å². The van der Waals surface area contributed by atoms with Crippen LogP contribution in [0.25, 0.3) is 0 Å². The van der Waals surface area contributed by atoms with Gasteiger partial charge in [0.1, 0.15) is 12.6 Å². The van der Waals surface area contributed by atoms with Crippen LogP contribution in [0.15, 0.2) is 120 Å². The van der Waals surface area contributed by atoms with E-state index in [4.69, 9.17) is 0 Å². The molecule has 1 unspecified atom stereocenters. The van der Waals surface area contributed by atoms with Crippen LogP contribution in [0.3, 0.4) is 0 Å². The molecule has 0 aliphatic heterocycles. The maximum absolute atomic E-state index is 14.4. The van der Waals surface area contributed by atoms with Crippen LogP contribution in [0.5, 0.6) is 0 Å². The third kappa shape index (κ3) is 8.76. The minimum Gasteiger partial charge on any atom is -0.354 e. The van der Waals surface area contributed by atoms with Crippen molar-refractivity contribution in [1.82, 2.24) is 10.2 Å². The Morgan fingerprint density at radius 3 is 1.98 bits per heavy atom. The summed E-state index contributed by atoms with van der Waals surface area (Å²) < 4.78 is 28.9. The van der Waals surface area contributed by atoms with E-state index in [1.807, 2.05) is 74.5 Å². The molecule has 0 heterocycles. The van der Waals surface area contributed by atoms with E-state index in [9.17, 15) is 28.1 Å². The monoisotopic (exact) mass is 628 g/mol. The fourth-order valence-electron chi connectivity index (χ4n) is 4.77. The lowest BCUT2D eigenvalue weighted by atomic mass is 10.0. The summed E-state index contributed by atoms with van der Waals surface area (Å²) in [6, 6.07) is 30.1. The smallest absolute Gasteiger partial charge is 0.271 e. The Bertz CT molecular complexity index is 1700. The molecule has 0 saturated heterocycles. The van der Waals surface area contributed by atoms with Crippen molar-refractivity contribution in [3.05, 3.63) is 137 Å². The van der Waals surface area contributed by atoms with Crippen LogP contribution in [0, 0.1) is 16.0 Å². The first-order valence-corrected chi connectivity index (χ1v) is 16.0. The van der Waals surface area contributed by atoms with E-state index >= 15 is 0 Å². The zero-order valence-corrected chi connectivity index (χ0v) is 26.0. The second-order valence-corrected chi connectivity index (χ2v) is 12.8. The van der Waals surface area contributed by atoms with Crippen molar-refractivity contribution in [2.75, 3.05) is 17.4 Å². The molecule has 0 radical (unpaired) electrons. The number of nitrogens with zero attached hydrogens (tertiary/aromatic N) is 3. The second-order valence-electron chi connectivity index (χ2n) is 11.0. The topological polar surface area (TPSA) is 130 Å². The number of carbonyl (C=O) groups excluding carboxylic acids is 2. The van der Waals surface area contributed by atoms with Crippen LogP contribution in [0.4, 0.5) is 11.4 Å². The van der Waals surface area contributed by atoms with Crippen molar-refractivity contribution in [1.29, 1.82) is 0 Å². The molecular weight excluding hydrogens is 592 g/mol. The predicted molar refractivity (Wildman–Crippen MR) is 173 cm³/mol. The van der Waals surface area contributed by atoms with Gasteiger partial charge >= 0.3 is 0 Å². The molecular formula is C34H36N4O6S. The standard InChI is InChI=1S/C34H36N4O6S/c1-26(2)23-35-34(40)32(21-27-13-6-3-7-14-27)36(24-28-15-8-4-9-16-28)33(39)25-37(29-17-12-18-30(22-29)38(41)42)45(43,44)31-19-10-5-11-20-31/h3-20,22,26,32H,21,23-25H2,1-2H3,(H,35,40). The number of nitro groups is 1. The van der Waals surface area contributed by atoms with Gasteiger partial charge in [-0.15, -0.1) is 0 Å². The summed E-state index contributed by atoms with van der Waals surface area (Å²) >= 11 is 0. The zero-order chi connectivity index (χ0) is 32.4. The molecule has 0 spiro atoms. The first kappa shape index (κ1) is 32.9. The lowest BCUT2D eigenvalue weighted by Crippen LogP contribution is -2.53. The summed E-state index contributed by atoms with van der Waals surface area (Å²) in [5, 5.41) is 14.5. The van der Waals surface area contributed by atoms with E-state index in [1.54, 1.807) is 18.2 Å². The fraction of sp³-hybridized carbons (Fsp3) is 0.235. The van der Waals surface area contributed by atoms with Gasteiger partial charge in [0.25, 0.3) is 15.7 Å². The molecule has 0 aliphatic rings. The molecule has 0 bridgehead atoms. The van der Waals surface area contributed by atoms with Crippen molar-refractivity contribution in [2.24, 2.45) is 5.92 Å². The average Bonchev–Trinajstić information content (AvgIpc) is 3.05. The minimum atomic E-state index is -4.36. The molecule has 0 saturated carbocycles. The lowest BCUT2D eigenvalue weighted by Gasteiger charge is -2.34. The van der Waals surface area contributed by atoms with Crippen molar-refractivity contribution >= 4 is 33.2 Å². The van der Waals surface area contributed by atoms with Gasteiger partial charge in [0, 0.05) is 31.6 Å². The van der Waals surface area contributed by atoms with Crippen LogP contribution >= 0.6 is 0 Å². The number of sulfonamides is 1. The van der Waals surface area contributed by atoms with Gasteiger partial charge in [0.2, 0.25) is 11.8 Å². The first-order valence-electron chi connectivity index (χ1n) is 14.5. The maximum atomic E-state index is 14.4. The van der Waals surface area contributed by atoms with Crippen LogP contribution < -0.4 is 9.62 Å². The van der Waals surface area contributed by atoms with E-state index in [0.717, 1.165) is 21.5 Å². The number of nitrogens with one attached hydrogen (secondary N) is 1. The van der Waals surface area contributed by atoms with Crippen LogP contribution in [0.2, 0.25) is 0 Å². The van der Waals surface area contributed by atoms with Crippen LogP contribution in [-0.2, 0) is 32.6 Å². The molecule has 0 aliphatic carbocycles. The number of anilines is 1. The average molecular weight is 629 g/mol. The molecule has 0 aromatic heterocycles. The number of nitro benzene ring substituents is 1. The Balaban J connectivity index is 1.80. The highest BCUT2D eigenvalue weighted by atomic mass is 32.2. The Morgan fingerprint density at radius 1 is 0.822 bits per heavy atom. The highest BCUT2D eigenvalue weighted by Gasteiger charge is 2.35. The van der Waals surface area contributed by atoms with Gasteiger partial charge in [-0.25, -0.2) is 8.42 Å². The first-order chi connectivity index (χ1) is 21.6. The number of hydrogen-bond donors (Lipinski definition) is 1. The predicted octanol–water partition coefficient (Wildman–Crippen LogP) is 5.20. The molecule has 4 aromatic carbocycles. The molecule has 234 valence electrons. The zero-order valence-electron chi connectivity index (χ0n) is 25.2. The summed E-state index contributed by atoms with van der Waals surface area (Å²) in [6.07, 6.45) is 0.186. The van der Waals surface area contributed by atoms with Crippen molar-refractivity contribution < 1.29 is 22.9 Å². The SMILES string of the molecule is CC(C)CNC(=O)C(Cc1ccccc1)N(Cc1ccccc1)C(=O)CN(c1cccc([N+](=O)[O-])c1)S(=O)(=O)c1ccccc1.